The zero-order valence-electron chi connectivity index (χ0n) is 16.0. The lowest BCUT2D eigenvalue weighted by Crippen LogP contribution is -2.25. The average Bonchev–Trinajstić information content (AvgIpc) is 3.49. The Hall–Kier alpha value is -2.28. The summed E-state index contributed by atoms with van der Waals surface area (Å²) in [4.78, 5) is 2.26. The smallest absolute Gasteiger partial charge is 0.257 e. The molecule has 0 aliphatic rings. The number of rotatable bonds is 8. The van der Waals surface area contributed by atoms with Crippen molar-refractivity contribution < 1.29 is 4.42 Å². The molecule has 4 rings (SSSR count). The van der Waals surface area contributed by atoms with Gasteiger partial charge in [-0.25, -0.2) is 0 Å². The Balaban J connectivity index is 1.56. The zero-order chi connectivity index (χ0) is 19.3. The van der Waals surface area contributed by atoms with E-state index in [2.05, 4.69) is 71.1 Å². The van der Waals surface area contributed by atoms with Crippen molar-refractivity contribution in [3.8, 4) is 10.8 Å². The normalized spacial score (nSPS) is 13.5. The molecule has 1 aromatic carbocycles. The molecular weight excluding hydrogens is 386 g/mol. The van der Waals surface area contributed by atoms with Gasteiger partial charge in [0.15, 0.2) is 0 Å². The maximum Gasteiger partial charge on any atom is 0.257 e. The number of benzene rings is 1. The van der Waals surface area contributed by atoms with E-state index in [1.54, 1.807) is 22.7 Å². The molecule has 0 saturated carbocycles. The van der Waals surface area contributed by atoms with Gasteiger partial charge in [-0.3, -0.25) is 5.32 Å². The van der Waals surface area contributed by atoms with E-state index < -0.39 is 0 Å². The van der Waals surface area contributed by atoms with Crippen molar-refractivity contribution in [3.05, 3.63) is 81.2 Å². The number of aromatic nitrogens is 2. The minimum Gasteiger partial charge on any atom is -0.418 e. The third-order valence-electron chi connectivity index (χ3n) is 4.64. The van der Waals surface area contributed by atoms with Gasteiger partial charge in [-0.1, -0.05) is 49.7 Å². The molecule has 2 atom stereocenters. The summed E-state index contributed by atoms with van der Waals surface area (Å²) in [6.45, 7) is 4.28. The van der Waals surface area contributed by atoms with Crippen LogP contribution in [0.25, 0.3) is 10.8 Å². The maximum atomic E-state index is 5.92. The number of nitrogens with one attached hydrogen (secondary N) is 1. The highest BCUT2D eigenvalue weighted by Crippen LogP contribution is 2.30. The van der Waals surface area contributed by atoms with Crippen molar-refractivity contribution in [2.45, 2.75) is 38.8 Å². The van der Waals surface area contributed by atoms with Crippen molar-refractivity contribution in [3.63, 3.8) is 0 Å². The molecule has 0 amide bonds. The van der Waals surface area contributed by atoms with E-state index in [1.165, 1.54) is 16.0 Å². The molecule has 0 saturated heterocycles. The summed E-state index contributed by atoms with van der Waals surface area (Å²) in [6, 6.07) is 17.2. The highest BCUT2D eigenvalue weighted by molar-refractivity contribution is 7.13. The molecule has 0 radical (unpaired) electrons. The first-order valence-corrected chi connectivity index (χ1v) is 11.3. The predicted octanol–water partition coefficient (Wildman–Crippen LogP) is 6.25. The molecule has 144 valence electrons. The van der Waals surface area contributed by atoms with Gasteiger partial charge < -0.3 is 4.42 Å². The van der Waals surface area contributed by atoms with Gasteiger partial charge >= 0.3 is 0 Å². The third kappa shape index (κ3) is 4.24. The van der Waals surface area contributed by atoms with Crippen molar-refractivity contribution in [1.82, 2.24) is 15.5 Å². The van der Waals surface area contributed by atoms with Crippen LogP contribution in [0.15, 0.2) is 63.7 Å². The van der Waals surface area contributed by atoms with Crippen LogP contribution in [0.2, 0.25) is 0 Å². The summed E-state index contributed by atoms with van der Waals surface area (Å²) in [7, 11) is 0. The molecule has 0 spiro atoms. The Kier molecular flexibility index (Phi) is 6.00. The molecule has 3 aromatic heterocycles. The topological polar surface area (TPSA) is 51.0 Å². The van der Waals surface area contributed by atoms with Gasteiger partial charge in [0.2, 0.25) is 5.89 Å². The van der Waals surface area contributed by atoms with Gasteiger partial charge in [0, 0.05) is 4.88 Å². The molecule has 0 fully saturated rings. The molecule has 3 heterocycles. The SMILES string of the molecule is CCCc1ccc([C@H](N[C@H](C)c2nnc(-c3cccs3)o2)c2cccs2)cc1. The Bertz CT molecular complexity index is 975. The number of thiophene rings is 2. The van der Waals surface area contributed by atoms with Gasteiger partial charge in [0.1, 0.15) is 0 Å². The maximum absolute atomic E-state index is 5.92. The fourth-order valence-electron chi connectivity index (χ4n) is 3.19. The van der Waals surface area contributed by atoms with Crippen LogP contribution in [0.3, 0.4) is 0 Å². The van der Waals surface area contributed by atoms with E-state index in [0.717, 1.165) is 17.7 Å². The van der Waals surface area contributed by atoms with Gasteiger partial charge in [0.05, 0.1) is 17.0 Å². The lowest BCUT2D eigenvalue weighted by molar-refractivity contribution is 0.405. The Labute approximate surface area is 173 Å². The predicted molar refractivity (Wildman–Crippen MR) is 116 cm³/mol. The van der Waals surface area contributed by atoms with E-state index in [-0.39, 0.29) is 12.1 Å². The summed E-state index contributed by atoms with van der Waals surface area (Å²) in [5.41, 5.74) is 2.62. The second-order valence-corrected chi connectivity index (χ2v) is 8.68. The zero-order valence-corrected chi connectivity index (χ0v) is 17.6. The molecule has 0 aliphatic heterocycles. The van der Waals surface area contributed by atoms with Gasteiger partial charge in [-0.15, -0.1) is 32.9 Å². The first-order chi connectivity index (χ1) is 13.7. The van der Waals surface area contributed by atoms with Crippen LogP contribution in [-0.2, 0) is 6.42 Å². The van der Waals surface area contributed by atoms with E-state index in [1.807, 2.05) is 17.5 Å². The quantitative estimate of drug-likeness (QED) is 0.373. The lowest BCUT2D eigenvalue weighted by Gasteiger charge is -2.21. The summed E-state index contributed by atoms with van der Waals surface area (Å²) in [6.07, 6.45) is 2.27. The van der Waals surface area contributed by atoms with Gasteiger partial charge in [0.25, 0.3) is 5.89 Å². The summed E-state index contributed by atoms with van der Waals surface area (Å²) < 4.78 is 5.92. The number of nitrogens with zero attached hydrogens (tertiary/aromatic N) is 2. The Morgan fingerprint density at radius 3 is 2.46 bits per heavy atom. The van der Waals surface area contributed by atoms with Crippen molar-refractivity contribution >= 4 is 22.7 Å². The molecule has 28 heavy (non-hydrogen) atoms. The molecule has 0 bridgehead atoms. The molecule has 0 aliphatic carbocycles. The van der Waals surface area contributed by atoms with E-state index >= 15 is 0 Å². The number of aryl methyl sites for hydroxylation is 1. The fourth-order valence-corrected chi connectivity index (χ4v) is 4.65. The van der Waals surface area contributed by atoms with Crippen molar-refractivity contribution in [2.24, 2.45) is 0 Å². The molecule has 4 aromatic rings. The van der Waals surface area contributed by atoms with Crippen LogP contribution in [0.4, 0.5) is 0 Å². The van der Waals surface area contributed by atoms with Crippen LogP contribution in [0, 0.1) is 0 Å². The van der Waals surface area contributed by atoms with Crippen LogP contribution in [0.1, 0.15) is 54.2 Å². The Morgan fingerprint density at radius 2 is 1.79 bits per heavy atom. The minimum absolute atomic E-state index is 0.0661. The second kappa shape index (κ2) is 8.82. The highest BCUT2D eigenvalue weighted by Gasteiger charge is 2.22. The number of hydrogen-bond acceptors (Lipinski definition) is 6. The first-order valence-electron chi connectivity index (χ1n) is 9.50. The fraction of sp³-hybridized carbons (Fsp3) is 0.273. The summed E-state index contributed by atoms with van der Waals surface area (Å²) >= 11 is 3.35. The van der Waals surface area contributed by atoms with E-state index in [0.29, 0.717) is 11.8 Å². The van der Waals surface area contributed by atoms with Crippen LogP contribution in [0.5, 0.6) is 0 Å². The van der Waals surface area contributed by atoms with Crippen molar-refractivity contribution in [1.29, 1.82) is 0 Å². The summed E-state index contributed by atoms with van der Waals surface area (Å²) in [5.74, 6) is 1.18. The monoisotopic (exact) mass is 409 g/mol. The second-order valence-electron chi connectivity index (χ2n) is 6.75. The molecule has 6 heteroatoms. The molecular formula is C22H23N3OS2. The molecule has 0 unspecified atom stereocenters. The largest absolute Gasteiger partial charge is 0.418 e. The van der Waals surface area contributed by atoms with Gasteiger partial charge in [-0.05, 0) is 47.4 Å². The van der Waals surface area contributed by atoms with Crippen LogP contribution >= 0.6 is 22.7 Å². The third-order valence-corrected chi connectivity index (χ3v) is 6.43. The lowest BCUT2D eigenvalue weighted by atomic mass is 10.0. The Morgan fingerprint density at radius 1 is 1.00 bits per heavy atom. The minimum atomic E-state index is -0.0661. The average molecular weight is 410 g/mol. The van der Waals surface area contributed by atoms with Crippen LogP contribution in [-0.4, -0.2) is 10.2 Å². The standard InChI is InChI=1S/C22H23N3OS2/c1-3-6-16-9-11-17(12-10-16)20(18-7-4-13-27-18)23-15(2)21-24-25-22(26-21)19-8-5-14-28-19/h4-5,7-15,20,23H,3,6H2,1-2H3/t15-,20+/m1/s1. The van der Waals surface area contributed by atoms with E-state index in [9.17, 15) is 0 Å². The van der Waals surface area contributed by atoms with Crippen molar-refractivity contribution in [2.75, 3.05) is 0 Å². The summed E-state index contributed by atoms with van der Waals surface area (Å²) in [5, 5.41) is 16.3. The molecule has 4 nitrogen and oxygen atoms in total. The first kappa shape index (κ1) is 19.1. The van der Waals surface area contributed by atoms with E-state index in [4.69, 9.17) is 4.42 Å². The number of hydrogen-bond donors (Lipinski definition) is 1. The highest BCUT2D eigenvalue weighted by atomic mass is 32.1. The van der Waals surface area contributed by atoms with Gasteiger partial charge in [-0.2, -0.15) is 0 Å². The molecule has 1 N–H and O–H groups in total. The van der Waals surface area contributed by atoms with Crippen LogP contribution < -0.4 is 5.32 Å².